The van der Waals surface area contributed by atoms with Crippen molar-refractivity contribution in [3.8, 4) is 17.6 Å². The Kier molecular flexibility index (Phi) is 3.39. The third-order valence-corrected chi connectivity index (χ3v) is 2.28. The molecule has 3 heteroatoms. The van der Waals surface area contributed by atoms with E-state index in [1.807, 2.05) is 30.3 Å². The maximum absolute atomic E-state index is 9.40. The summed E-state index contributed by atoms with van der Waals surface area (Å²) in [6.07, 6.45) is -1.12. The quantitative estimate of drug-likeness (QED) is 0.817. The van der Waals surface area contributed by atoms with Crippen LogP contribution in [-0.2, 0) is 0 Å². The molecule has 0 amide bonds. The number of benzene rings is 2. The molecule has 84 valence electrons. The van der Waals surface area contributed by atoms with E-state index in [9.17, 15) is 5.11 Å². The van der Waals surface area contributed by atoms with Crippen molar-refractivity contribution in [3.05, 3.63) is 60.2 Å². The number of rotatable bonds is 3. The first kappa shape index (κ1) is 11.2. The van der Waals surface area contributed by atoms with E-state index in [1.165, 1.54) is 0 Å². The fourth-order valence-electron chi connectivity index (χ4n) is 1.45. The molecule has 0 unspecified atom stereocenters. The van der Waals surface area contributed by atoms with Crippen molar-refractivity contribution in [3.63, 3.8) is 0 Å². The van der Waals surface area contributed by atoms with Crippen molar-refractivity contribution in [1.29, 1.82) is 5.26 Å². The van der Waals surface area contributed by atoms with Crippen LogP contribution < -0.4 is 4.74 Å². The molecule has 0 spiro atoms. The largest absolute Gasteiger partial charge is 0.457 e. The van der Waals surface area contributed by atoms with Crippen LogP contribution >= 0.6 is 0 Å². The topological polar surface area (TPSA) is 53.2 Å². The summed E-state index contributed by atoms with van der Waals surface area (Å²) in [7, 11) is 0. The van der Waals surface area contributed by atoms with Gasteiger partial charge in [0.2, 0.25) is 0 Å². The molecule has 1 N–H and O–H groups in total. The average Bonchev–Trinajstić information content (AvgIpc) is 2.39. The molecule has 0 saturated heterocycles. The number of aliphatic hydroxyl groups excluding tert-OH is 1. The summed E-state index contributed by atoms with van der Waals surface area (Å²) in [5.74, 6) is 1.32. The number of ether oxygens (including phenoxy) is 1. The molecule has 2 aromatic rings. The molecule has 0 aliphatic carbocycles. The van der Waals surface area contributed by atoms with Gasteiger partial charge in [-0.3, -0.25) is 0 Å². The Morgan fingerprint density at radius 1 is 1.00 bits per heavy atom. The van der Waals surface area contributed by atoms with Gasteiger partial charge >= 0.3 is 0 Å². The molecule has 17 heavy (non-hydrogen) atoms. The lowest BCUT2D eigenvalue weighted by Gasteiger charge is -2.07. The van der Waals surface area contributed by atoms with Crippen LogP contribution in [0.2, 0.25) is 0 Å². The molecule has 0 aliphatic rings. The molecule has 1 atom stereocenters. The van der Waals surface area contributed by atoms with Gasteiger partial charge in [0.05, 0.1) is 6.07 Å². The molecule has 2 rings (SSSR count). The standard InChI is InChI=1S/C14H11NO2/c15-10-14(16)11-5-4-8-13(9-11)17-12-6-2-1-3-7-12/h1-9,14,16H/t14-/m1/s1. The van der Waals surface area contributed by atoms with E-state index >= 15 is 0 Å². The van der Waals surface area contributed by atoms with E-state index in [4.69, 9.17) is 10.00 Å². The molecule has 2 aromatic carbocycles. The average molecular weight is 225 g/mol. The first-order valence-electron chi connectivity index (χ1n) is 5.20. The van der Waals surface area contributed by atoms with E-state index in [0.717, 1.165) is 5.75 Å². The molecule has 0 radical (unpaired) electrons. The third kappa shape index (κ3) is 2.83. The van der Waals surface area contributed by atoms with Gasteiger partial charge < -0.3 is 9.84 Å². The lowest BCUT2D eigenvalue weighted by Crippen LogP contribution is -1.93. The summed E-state index contributed by atoms with van der Waals surface area (Å²) in [6.45, 7) is 0. The maximum Gasteiger partial charge on any atom is 0.166 e. The zero-order valence-corrected chi connectivity index (χ0v) is 9.08. The second kappa shape index (κ2) is 5.15. The number of nitrogens with zero attached hydrogens (tertiary/aromatic N) is 1. The van der Waals surface area contributed by atoms with Gasteiger partial charge in [0.25, 0.3) is 0 Å². The number of nitriles is 1. The van der Waals surface area contributed by atoms with Crippen LogP contribution in [0.4, 0.5) is 0 Å². The number of hydrogen-bond donors (Lipinski definition) is 1. The molecule has 0 bridgehead atoms. The Labute approximate surface area is 99.5 Å². The predicted molar refractivity (Wildman–Crippen MR) is 63.5 cm³/mol. The normalized spacial score (nSPS) is 11.5. The highest BCUT2D eigenvalue weighted by Gasteiger charge is 2.06. The Morgan fingerprint density at radius 2 is 1.71 bits per heavy atom. The van der Waals surface area contributed by atoms with Gasteiger partial charge in [0.15, 0.2) is 6.10 Å². The third-order valence-electron chi connectivity index (χ3n) is 2.28. The van der Waals surface area contributed by atoms with Gasteiger partial charge in [-0.2, -0.15) is 5.26 Å². The minimum Gasteiger partial charge on any atom is -0.457 e. The zero-order chi connectivity index (χ0) is 12.1. The highest BCUT2D eigenvalue weighted by molar-refractivity contribution is 5.35. The molecule has 0 aromatic heterocycles. The second-order valence-corrected chi connectivity index (χ2v) is 3.52. The molecular formula is C14H11NO2. The highest BCUT2D eigenvalue weighted by atomic mass is 16.5. The van der Waals surface area contributed by atoms with Gasteiger partial charge in [-0.1, -0.05) is 30.3 Å². The highest BCUT2D eigenvalue weighted by Crippen LogP contribution is 2.24. The lowest BCUT2D eigenvalue weighted by atomic mass is 10.1. The van der Waals surface area contributed by atoms with E-state index in [-0.39, 0.29) is 0 Å². The number of para-hydroxylation sites is 1. The van der Waals surface area contributed by atoms with Crippen LogP contribution in [0, 0.1) is 11.3 Å². The summed E-state index contributed by atoms with van der Waals surface area (Å²) >= 11 is 0. The Hall–Kier alpha value is -2.31. The van der Waals surface area contributed by atoms with Crippen LogP contribution in [0.15, 0.2) is 54.6 Å². The van der Waals surface area contributed by atoms with Crippen LogP contribution in [0.3, 0.4) is 0 Å². The van der Waals surface area contributed by atoms with Crippen molar-refractivity contribution in [2.24, 2.45) is 0 Å². The zero-order valence-electron chi connectivity index (χ0n) is 9.08. The predicted octanol–water partition coefficient (Wildman–Crippen LogP) is 3.04. The molecule has 0 fully saturated rings. The summed E-state index contributed by atoms with van der Waals surface area (Å²) in [5.41, 5.74) is 0.529. The minimum absolute atomic E-state index is 0.529. The summed E-state index contributed by atoms with van der Waals surface area (Å²) in [6, 6.07) is 18.0. The molecular weight excluding hydrogens is 214 g/mol. The fourth-order valence-corrected chi connectivity index (χ4v) is 1.45. The summed E-state index contributed by atoms with van der Waals surface area (Å²) in [4.78, 5) is 0. The Bertz CT molecular complexity index is 531. The fraction of sp³-hybridized carbons (Fsp3) is 0.0714. The Morgan fingerprint density at radius 3 is 2.41 bits per heavy atom. The monoisotopic (exact) mass is 225 g/mol. The first-order valence-corrected chi connectivity index (χ1v) is 5.20. The first-order chi connectivity index (χ1) is 8.29. The van der Waals surface area contributed by atoms with E-state index in [0.29, 0.717) is 11.3 Å². The van der Waals surface area contributed by atoms with Crippen LogP contribution in [-0.4, -0.2) is 5.11 Å². The molecule has 0 aliphatic heterocycles. The smallest absolute Gasteiger partial charge is 0.166 e. The number of aliphatic hydroxyl groups is 1. The summed E-state index contributed by atoms with van der Waals surface area (Å²) in [5, 5.41) is 18.0. The summed E-state index contributed by atoms with van der Waals surface area (Å²) < 4.78 is 5.59. The molecule has 0 heterocycles. The van der Waals surface area contributed by atoms with Gasteiger partial charge in [0.1, 0.15) is 11.5 Å². The van der Waals surface area contributed by atoms with Gasteiger partial charge in [-0.05, 0) is 29.8 Å². The second-order valence-electron chi connectivity index (χ2n) is 3.52. The molecule has 3 nitrogen and oxygen atoms in total. The molecule has 0 saturated carbocycles. The van der Waals surface area contributed by atoms with Gasteiger partial charge in [0, 0.05) is 0 Å². The van der Waals surface area contributed by atoms with E-state index in [1.54, 1.807) is 30.3 Å². The van der Waals surface area contributed by atoms with Crippen molar-refractivity contribution < 1.29 is 9.84 Å². The van der Waals surface area contributed by atoms with Crippen molar-refractivity contribution >= 4 is 0 Å². The van der Waals surface area contributed by atoms with E-state index in [2.05, 4.69) is 0 Å². The van der Waals surface area contributed by atoms with E-state index < -0.39 is 6.10 Å². The van der Waals surface area contributed by atoms with Crippen LogP contribution in [0.5, 0.6) is 11.5 Å². The van der Waals surface area contributed by atoms with Crippen molar-refractivity contribution in [1.82, 2.24) is 0 Å². The van der Waals surface area contributed by atoms with Gasteiger partial charge in [-0.15, -0.1) is 0 Å². The van der Waals surface area contributed by atoms with Crippen molar-refractivity contribution in [2.45, 2.75) is 6.10 Å². The van der Waals surface area contributed by atoms with Crippen LogP contribution in [0.1, 0.15) is 11.7 Å². The van der Waals surface area contributed by atoms with Crippen LogP contribution in [0.25, 0.3) is 0 Å². The Balaban J connectivity index is 2.20. The maximum atomic E-state index is 9.40. The lowest BCUT2D eigenvalue weighted by molar-refractivity contribution is 0.235. The minimum atomic E-state index is -1.12. The SMILES string of the molecule is N#C[C@@H](O)c1cccc(Oc2ccccc2)c1. The van der Waals surface area contributed by atoms with Crippen molar-refractivity contribution in [2.75, 3.05) is 0 Å². The van der Waals surface area contributed by atoms with Gasteiger partial charge in [-0.25, -0.2) is 0 Å². The number of hydrogen-bond acceptors (Lipinski definition) is 3.